The first-order chi connectivity index (χ1) is 48.4. The molecule has 0 heterocycles. The Morgan fingerprint density at radius 3 is 0.680 bits per heavy atom. The van der Waals surface area contributed by atoms with Crippen LogP contribution in [0.2, 0.25) is 0 Å². The lowest BCUT2D eigenvalue weighted by atomic mass is 10.0. The summed E-state index contributed by atoms with van der Waals surface area (Å²) in [5.41, 5.74) is 0. The van der Waals surface area contributed by atoms with Crippen molar-refractivity contribution >= 4 is 39.5 Å². The number of aliphatic hydroxyl groups is 1. The van der Waals surface area contributed by atoms with Crippen molar-refractivity contribution in [3.63, 3.8) is 0 Å². The van der Waals surface area contributed by atoms with E-state index in [0.717, 1.165) is 108 Å². The Morgan fingerprint density at radius 2 is 0.460 bits per heavy atom. The molecule has 0 aromatic heterocycles. The van der Waals surface area contributed by atoms with Crippen LogP contribution in [-0.4, -0.2) is 96.7 Å². The van der Waals surface area contributed by atoms with Crippen molar-refractivity contribution in [1.82, 2.24) is 0 Å². The van der Waals surface area contributed by atoms with E-state index in [0.29, 0.717) is 25.7 Å². The fourth-order valence-electron chi connectivity index (χ4n) is 12.5. The minimum Gasteiger partial charge on any atom is -0.462 e. The van der Waals surface area contributed by atoms with Crippen LogP contribution in [0, 0.1) is 11.8 Å². The Bertz CT molecular complexity index is 1920. The Hall–Kier alpha value is -1.94. The first-order valence-electron chi connectivity index (χ1n) is 42.0. The number of hydrogen-bond donors (Lipinski definition) is 3. The molecule has 0 saturated heterocycles. The highest BCUT2D eigenvalue weighted by Gasteiger charge is 2.30. The van der Waals surface area contributed by atoms with Gasteiger partial charge >= 0.3 is 39.5 Å². The molecule has 0 amide bonds. The lowest BCUT2D eigenvalue weighted by Gasteiger charge is -2.21. The zero-order chi connectivity index (χ0) is 73.5. The summed E-state index contributed by atoms with van der Waals surface area (Å²) < 4.78 is 68.5. The first-order valence-corrected chi connectivity index (χ1v) is 45.0. The zero-order valence-electron chi connectivity index (χ0n) is 65.5. The van der Waals surface area contributed by atoms with Gasteiger partial charge in [0.15, 0.2) is 12.2 Å². The Kier molecular flexibility index (Phi) is 71.2. The van der Waals surface area contributed by atoms with Gasteiger partial charge in [0.1, 0.15) is 19.3 Å². The van der Waals surface area contributed by atoms with Crippen molar-refractivity contribution in [2.45, 2.75) is 445 Å². The van der Waals surface area contributed by atoms with Gasteiger partial charge < -0.3 is 33.8 Å². The maximum atomic E-state index is 13.1. The summed E-state index contributed by atoms with van der Waals surface area (Å²) in [7, 11) is -9.91. The van der Waals surface area contributed by atoms with Crippen LogP contribution < -0.4 is 0 Å². The summed E-state index contributed by atoms with van der Waals surface area (Å²) in [6.07, 6.45) is 62.9. The molecule has 17 nitrogen and oxygen atoms in total. The average molecular weight is 1470 g/mol. The Morgan fingerprint density at radius 1 is 0.270 bits per heavy atom. The first kappa shape index (κ1) is 98.1. The molecule has 100 heavy (non-hydrogen) atoms. The summed E-state index contributed by atoms with van der Waals surface area (Å²) >= 11 is 0. The Balaban J connectivity index is 5.12. The molecule has 0 aliphatic carbocycles. The number of ether oxygens (including phenoxy) is 4. The predicted molar refractivity (Wildman–Crippen MR) is 409 cm³/mol. The van der Waals surface area contributed by atoms with Gasteiger partial charge in [0.2, 0.25) is 0 Å². The molecule has 0 bridgehead atoms. The number of rotatable bonds is 80. The van der Waals surface area contributed by atoms with Crippen molar-refractivity contribution in [3.8, 4) is 0 Å². The molecule has 0 aromatic carbocycles. The van der Waals surface area contributed by atoms with Gasteiger partial charge in [-0.15, -0.1) is 0 Å². The van der Waals surface area contributed by atoms with Crippen LogP contribution in [-0.2, 0) is 65.4 Å². The fourth-order valence-corrected chi connectivity index (χ4v) is 14.1. The van der Waals surface area contributed by atoms with Crippen LogP contribution in [0.4, 0.5) is 0 Å². The summed E-state index contributed by atoms with van der Waals surface area (Å²) in [5.74, 6) is -0.487. The van der Waals surface area contributed by atoms with Crippen molar-refractivity contribution in [2.75, 3.05) is 39.6 Å². The number of carbonyl (C=O) groups excluding carboxylic acids is 4. The summed E-state index contributed by atoms with van der Waals surface area (Å²) in [6, 6.07) is 0. The standard InChI is InChI=1S/C81H158O17P2/c1-7-9-11-13-14-15-16-17-24-32-37-42-47-53-59-65-80(85)97-76(69-91-78(83)63-57-49-12-10-8-2)71-95-99(87,88)93-67-75(82)68-94-100(89,90)96-72-77(70-92-79(84)64-58-52-46-41-36-31-27-23-22-26-30-35-40-45-51-56-62-74(5)6)98-81(86)66-60-54-48-43-38-33-28-21-19-18-20-25-29-34-39-44-50-55-61-73(3)4/h73-77,82H,7-72H2,1-6H3,(H,87,88)(H,89,90)/t75-,76+,77+/m0/s1. The fraction of sp³-hybridized carbons (Fsp3) is 0.951. The number of aliphatic hydroxyl groups excluding tert-OH is 1. The monoisotopic (exact) mass is 1470 g/mol. The lowest BCUT2D eigenvalue weighted by Crippen LogP contribution is -2.30. The van der Waals surface area contributed by atoms with E-state index in [-0.39, 0.29) is 25.7 Å². The van der Waals surface area contributed by atoms with E-state index in [1.165, 1.54) is 238 Å². The molecule has 0 aromatic rings. The van der Waals surface area contributed by atoms with Crippen LogP contribution in [0.15, 0.2) is 0 Å². The van der Waals surface area contributed by atoms with E-state index in [1.54, 1.807) is 0 Å². The number of unbranched alkanes of at least 4 members (excludes halogenated alkanes) is 50. The normalized spacial score (nSPS) is 13.9. The van der Waals surface area contributed by atoms with Gasteiger partial charge in [-0.2, -0.15) is 0 Å². The summed E-state index contributed by atoms with van der Waals surface area (Å²) in [5, 5.41) is 10.6. The van der Waals surface area contributed by atoms with Gasteiger partial charge in [-0.05, 0) is 37.5 Å². The molecule has 0 radical (unpaired) electrons. The number of phosphoric acid groups is 2. The van der Waals surface area contributed by atoms with Gasteiger partial charge in [0.05, 0.1) is 26.4 Å². The van der Waals surface area contributed by atoms with Gasteiger partial charge in [0, 0.05) is 25.7 Å². The van der Waals surface area contributed by atoms with E-state index >= 15 is 0 Å². The third kappa shape index (κ3) is 74.3. The largest absolute Gasteiger partial charge is 0.472 e. The topological polar surface area (TPSA) is 237 Å². The lowest BCUT2D eigenvalue weighted by molar-refractivity contribution is -0.161. The van der Waals surface area contributed by atoms with Gasteiger partial charge in [-0.1, -0.05) is 375 Å². The van der Waals surface area contributed by atoms with Crippen molar-refractivity contribution in [1.29, 1.82) is 0 Å². The molecule has 0 saturated carbocycles. The molecule has 594 valence electrons. The molecular weight excluding hydrogens is 1310 g/mol. The molecule has 5 atom stereocenters. The second-order valence-corrected chi connectivity index (χ2v) is 33.0. The number of hydrogen-bond acceptors (Lipinski definition) is 15. The maximum absolute atomic E-state index is 13.1. The SMILES string of the molecule is CCCCCCCCCCCCCCCCCC(=O)O[C@H](COC(=O)CCCCCCC)COP(=O)(O)OC[C@H](O)COP(=O)(O)OC[C@@H](COC(=O)CCCCCCCCCCCCCCCCCCC(C)C)OC(=O)CCCCCCCCCCCCCCCCCCCCC(C)C. The van der Waals surface area contributed by atoms with Crippen LogP contribution in [0.1, 0.15) is 427 Å². The minimum absolute atomic E-state index is 0.107. The zero-order valence-corrected chi connectivity index (χ0v) is 67.3. The molecular formula is C81H158O17P2. The van der Waals surface area contributed by atoms with Gasteiger partial charge in [-0.25, -0.2) is 9.13 Å². The molecule has 0 spiro atoms. The van der Waals surface area contributed by atoms with Crippen LogP contribution in [0.5, 0.6) is 0 Å². The molecule has 0 rings (SSSR count). The highest BCUT2D eigenvalue weighted by molar-refractivity contribution is 7.47. The third-order valence-corrected chi connectivity index (χ3v) is 20.9. The maximum Gasteiger partial charge on any atom is 0.472 e. The number of phosphoric ester groups is 2. The van der Waals surface area contributed by atoms with Crippen molar-refractivity contribution in [2.24, 2.45) is 11.8 Å². The van der Waals surface area contributed by atoms with E-state index in [1.807, 2.05) is 0 Å². The average Bonchev–Trinajstić information content (AvgIpc) is 0.934. The van der Waals surface area contributed by atoms with Crippen LogP contribution in [0.3, 0.4) is 0 Å². The molecule has 0 aliphatic heterocycles. The van der Waals surface area contributed by atoms with E-state index in [9.17, 15) is 43.2 Å². The quantitative estimate of drug-likeness (QED) is 0.0222. The predicted octanol–water partition coefficient (Wildman–Crippen LogP) is 24.3. The summed E-state index contributed by atoms with van der Waals surface area (Å²) in [6.45, 7) is 9.62. The molecule has 19 heteroatoms. The van der Waals surface area contributed by atoms with Crippen molar-refractivity contribution in [3.05, 3.63) is 0 Å². The smallest absolute Gasteiger partial charge is 0.462 e. The molecule has 3 N–H and O–H groups in total. The van der Waals surface area contributed by atoms with E-state index < -0.39 is 97.5 Å². The highest BCUT2D eigenvalue weighted by Crippen LogP contribution is 2.45. The second kappa shape index (κ2) is 72.6. The summed E-state index contributed by atoms with van der Waals surface area (Å²) in [4.78, 5) is 72.7. The number of carbonyl (C=O) groups is 4. The van der Waals surface area contributed by atoms with E-state index in [4.69, 9.17) is 37.0 Å². The van der Waals surface area contributed by atoms with Crippen LogP contribution >= 0.6 is 15.6 Å². The minimum atomic E-state index is -4.96. The number of esters is 4. The van der Waals surface area contributed by atoms with Crippen LogP contribution in [0.25, 0.3) is 0 Å². The molecule has 0 fully saturated rings. The Labute approximate surface area is 613 Å². The second-order valence-electron chi connectivity index (χ2n) is 30.1. The van der Waals surface area contributed by atoms with Crippen molar-refractivity contribution < 1.29 is 80.2 Å². The van der Waals surface area contributed by atoms with E-state index in [2.05, 4.69) is 41.5 Å². The third-order valence-electron chi connectivity index (χ3n) is 19.0. The van der Waals surface area contributed by atoms with Gasteiger partial charge in [0.25, 0.3) is 0 Å². The molecule has 2 unspecified atom stereocenters. The highest BCUT2D eigenvalue weighted by atomic mass is 31.2. The molecule has 0 aliphatic rings. The van der Waals surface area contributed by atoms with Gasteiger partial charge in [-0.3, -0.25) is 37.3 Å².